The van der Waals surface area contributed by atoms with Crippen molar-refractivity contribution in [2.75, 3.05) is 13.2 Å². The monoisotopic (exact) mass is 1050 g/mol. The van der Waals surface area contributed by atoms with Gasteiger partial charge < -0.3 is 39.0 Å². The summed E-state index contributed by atoms with van der Waals surface area (Å²) in [6.07, 6.45) is 53.7. The number of hydrogen-bond donors (Lipinski definition) is 3. The molecule has 0 aromatic rings. The van der Waals surface area contributed by atoms with Crippen molar-refractivity contribution in [1.29, 1.82) is 0 Å². The summed E-state index contributed by atoms with van der Waals surface area (Å²) >= 11 is 0. The van der Waals surface area contributed by atoms with Crippen LogP contribution in [0.5, 0.6) is 0 Å². The smallest absolute Gasteiger partial charge is 0.335 e. The highest BCUT2D eigenvalue weighted by atomic mass is 16.7. The summed E-state index contributed by atoms with van der Waals surface area (Å²) in [7, 11) is 0. The van der Waals surface area contributed by atoms with Gasteiger partial charge in [-0.1, -0.05) is 182 Å². The molecule has 6 unspecified atom stereocenters. The van der Waals surface area contributed by atoms with E-state index in [0.717, 1.165) is 122 Å². The van der Waals surface area contributed by atoms with Gasteiger partial charge in [-0.2, -0.15) is 0 Å². The summed E-state index contributed by atoms with van der Waals surface area (Å²) in [4.78, 5) is 51.1. The zero-order chi connectivity index (χ0) is 54.7. The van der Waals surface area contributed by atoms with E-state index in [1.165, 1.54) is 38.5 Å². The fraction of sp³-hybridized carbons (Fsp3) is 0.683. The first-order valence-corrected chi connectivity index (χ1v) is 29.2. The number of unbranched alkanes of at least 4 members (excludes halogenated alkanes) is 18. The molecule has 1 rings (SSSR count). The molecule has 0 amide bonds. The van der Waals surface area contributed by atoms with Crippen LogP contribution in [0.3, 0.4) is 0 Å². The van der Waals surface area contributed by atoms with E-state index in [9.17, 15) is 34.5 Å². The summed E-state index contributed by atoms with van der Waals surface area (Å²) in [6, 6.07) is 0. The Morgan fingerprint density at radius 3 is 1.31 bits per heavy atom. The van der Waals surface area contributed by atoms with E-state index >= 15 is 0 Å². The minimum absolute atomic E-state index is 0.000978. The Morgan fingerprint density at radius 2 is 0.840 bits per heavy atom. The van der Waals surface area contributed by atoms with E-state index in [1.54, 1.807) is 0 Å². The average Bonchev–Trinajstić information content (AvgIpc) is 3.39. The van der Waals surface area contributed by atoms with Crippen LogP contribution >= 0.6 is 0 Å². The lowest BCUT2D eigenvalue weighted by molar-refractivity contribution is -0.301. The lowest BCUT2D eigenvalue weighted by atomic mass is 9.98. The molecule has 75 heavy (non-hydrogen) atoms. The molecule has 3 N–H and O–H groups in total. The summed E-state index contributed by atoms with van der Waals surface area (Å²) in [5.74, 6) is -3.22. The van der Waals surface area contributed by atoms with E-state index in [4.69, 9.17) is 23.7 Å². The number of carbonyl (C=O) groups excluding carboxylic acids is 3. The van der Waals surface area contributed by atoms with Gasteiger partial charge in [0.05, 0.1) is 6.61 Å². The topological polar surface area (TPSA) is 175 Å². The summed E-state index contributed by atoms with van der Waals surface area (Å²) in [5.41, 5.74) is 0. The number of aliphatic hydroxyl groups excluding tert-OH is 2. The molecule has 0 aromatic heterocycles. The molecule has 426 valence electrons. The van der Waals surface area contributed by atoms with Gasteiger partial charge in [0.15, 0.2) is 24.6 Å². The Balaban J connectivity index is 2.75. The number of ether oxygens (including phenoxy) is 5. The van der Waals surface area contributed by atoms with Crippen LogP contribution in [-0.2, 0) is 42.9 Å². The minimum atomic E-state index is -1.93. The zero-order valence-corrected chi connectivity index (χ0v) is 46.8. The van der Waals surface area contributed by atoms with E-state index in [2.05, 4.69) is 118 Å². The predicted molar refractivity (Wildman–Crippen MR) is 303 cm³/mol. The summed E-state index contributed by atoms with van der Waals surface area (Å²) in [6.45, 7) is 5.77. The molecule has 1 heterocycles. The number of allylic oxidation sites excluding steroid dienone is 16. The third kappa shape index (κ3) is 40.6. The molecule has 0 bridgehead atoms. The van der Waals surface area contributed by atoms with E-state index in [1.807, 2.05) is 0 Å². The van der Waals surface area contributed by atoms with Gasteiger partial charge in [0.1, 0.15) is 18.8 Å². The number of esters is 3. The highest BCUT2D eigenvalue weighted by molar-refractivity contribution is 5.74. The van der Waals surface area contributed by atoms with Gasteiger partial charge in [0.25, 0.3) is 0 Å². The predicted octanol–water partition coefficient (Wildman–Crippen LogP) is 14.9. The summed E-state index contributed by atoms with van der Waals surface area (Å²) < 4.78 is 28.3. The van der Waals surface area contributed by atoms with Crippen LogP contribution in [0.25, 0.3) is 0 Å². The second-order valence-electron chi connectivity index (χ2n) is 19.5. The van der Waals surface area contributed by atoms with Crippen LogP contribution in [0.15, 0.2) is 97.2 Å². The van der Waals surface area contributed by atoms with E-state index in [-0.39, 0.29) is 25.9 Å². The molecule has 12 nitrogen and oxygen atoms in total. The third-order valence-corrected chi connectivity index (χ3v) is 12.6. The number of hydrogen-bond acceptors (Lipinski definition) is 11. The summed E-state index contributed by atoms with van der Waals surface area (Å²) in [5, 5.41) is 31.5. The van der Waals surface area contributed by atoms with Crippen molar-refractivity contribution < 1.29 is 58.2 Å². The SMILES string of the molecule is CC/C=C\C/C=C\C/C=C\C/C=C\CCCCC(=O)OC1C(OCC(COC(=O)CCCCCCC/C=C\C/C=C\CCCCC)OC(=O)CCCCCCC/C=C\C/C=C\CCCCC)OC(C(=O)O)C(O)C1O. The highest BCUT2D eigenvalue weighted by Crippen LogP contribution is 2.26. The van der Waals surface area contributed by atoms with Gasteiger partial charge in [0.2, 0.25) is 0 Å². The molecular weight excluding hydrogens is 949 g/mol. The van der Waals surface area contributed by atoms with Crippen molar-refractivity contribution in [2.24, 2.45) is 0 Å². The quantitative estimate of drug-likeness (QED) is 0.0228. The number of carboxylic acids is 1. The van der Waals surface area contributed by atoms with Crippen molar-refractivity contribution in [1.82, 2.24) is 0 Å². The third-order valence-electron chi connectivity index (χ3n) is 12.6. The second-order valence-corrected chi connectivity index (χ2v) is 19.5. The molecule has 6 atom stereocenters. The van der Waals surface area contributed by atoms with Crippen LogP contribution < -0.4 is 0 Å². The molecule has 1 saturated heterocycles. The largest absolute Gasteiger partial charge is 0.479 e. The molecule has 0 saturated carbocycles. The Labute approximate surface area is 453 Å². The van der Waals surface area contributed by atoms with E-state index in [0.29, 0.717) is 25.7 Å². The molecule has 0 aromatic carbocycles. The average molecular weight is 1050 g/mol. The standard InChI is InChI=1S/C63H102O12/c1-4-7-10-13-16-19-22-25-28-31-34-37-40-43-46-49-55(64)71-52-54(73-56(65)50-47-44-41-38-35-32-29-26-23-20-17-14-11-8-5-2)53-72-63-61(59(68)58(67)60(75-63)62(69)70)74-57(66)51-48-45-42-39-36-33-30-27-24-21-18-15-12-9-6-3/h9,12,16-21,25-30,36,39,54,58-61,63,67-68H,4-8,10-11,13-15,22-24,31-35,37-38,40-53H2,1-3H3,(H,69,70)/b12-9-,19-16-,20-17-,21-18-,28-25-,29-26-,30-27-,39-36-. The lowest BCUT2D eigenvalue weighted by Gasteiger charge is -2.40. The molecule has 0 radical (unpaired) electrons. The molecule has 0 aliphatic carbocycles. The minimum Gasteiger partial charge on any atom is -0.479 e. The maximum atomic E-state index is 13.1. The molecule has 1 aliphatic heterocycles. The first-order chi connectivity index (χ1) is 36.6. The van der Waals surface area contributed by atoms with Gasteiger partial charge >= 0.3 is 23.9 Å². The fourth-order valence-corrected chi connectivity index (χ4v) is 8.12. The maximum Gasteiger partial charge on any atom is 0.335 e. The number of aliphatic hydroxyl groups is 2. The van der Waals surface area contributed by atoms with Crippen molar-refractivity contribution in [2.45, 2.75) is 263 Å². The molecule has 1 fully saturated rings. The Bertz CT molecular complexity index is 1670. The highest BCUT2D eigenvalue weighted by Gasteiger charge is 2.50. The first-order valence-electron chi connectivity index (χ1n) is 29.2. The molecule has 0 spiro atoms. The molecular formula is C63H102O12. The molecule has 12 heteroatoms. The number of carbonyl (C=O) groups is 4. The van der Waals surface area contributed by atoms with Crippen molar-refractivity contribution in [3.63, 3.8) is 0 Å². The zero-order valence-electron chi connectivity index (χ0n) is 46.8. The van der Waals surface area contributed by atoms with Gasteiger partial charge in [-0.05, 0) is 122 Å². The van der Waals surface area contributed by atoms with Gasteiger partial charge in [0, 0.05) is 19.3 Å². The van der Waals surface area contributed by atoms with Crippen LogP contribution in [0.4, 0.5) is 0 Å². The number of aliphatic carboxylic acids is 1. The second kappa shape index (κ2) is 50.5. The Hall–Kier alpha value is -4.36. The van der Waals surface area contributed by atoms with Crippen molar-refractivity contribution in [3.8, 4) is 0 Å². The van der Waals surface area contributed by atoms with Crippen molar-refractivity contribution in [3.05, 3.63) is 97.2 Å². The van der Waals surface area contributed by atoms with Crippen molar-refractivity contribution >= 4 is 23.9 Å². The fourth-order valence-electron chi connectivity index (χ4n) is 8.12. The van der Waals surface area contributed by atoms with Gasteiger partial charge in [-0.3, -0.25) is 14.4 Å². The van der Waals surface area contributed by atoms with E-state index < -0.39 is 67.3 Å². The molecule has 1 aliphatic rings. The number of carboxylic acid groups (broad SMARTS) is 1. The Kier molecular flexibility index (Phi) is 46.2. The first kappa shape index (κ1) is 68.7. The van der Waals surface area contributed by atoms with Gasteiger partial charge in [-0.25, -0.2) is 4.79 Å². The normalized spacial score (nSPS) is 18.9. The van der Waals surface area contributed by atoms with Crippen LogP contribution in [0.2, 0.25) is 0 Å². The van der Waals surface area contributed by atoms with Crippen LogP contribution in [0, 0.1) is 0 Å². The van der Waals surface area contributed by atoms with Crippen LogP contribution in [-0.4, -0.2) is 89.2 Å². The maximum absolute atomic E-state index is 13.1. The lowest BCUT2D eigenvalue weighted by Crippen LogP contribution is -2.61. The van der Waals surface area contributed by atoms with Crippen LogP contribution in [0.1, 0.15) is 226 Å². The van der Waals surface area contributed by atoms with Gasteiger partial charge in [-0.15, -0.1) is 0 Å². The Morgan fingerprint density at radius 1 is 0.453 bits per heavy atom. The number of rotatable bonds is 48.